The van der Waals surface area contributed by atoms with Gasteiger partial charge in [0.15, 0.2) is 7.85 Å². The Morgan fingerprint density at radius 3 is 2.31 bits per heavy atom. The van der Waals surface area contributed by atoms with Crippen molar-refractivity contribution in [3.05, 3.63) is 0 Å². The van der Waals surface area contributed by atoms with Crippen LogP contribution in [0.25, 0.3) is 0 Å². The third-order valence-corrected chi connectivity index (χ3v) is 10.4. The summed E-state index contributed by atoms with van der Waals surface area (Å²) in [5, 5.41) is 3.59. The number of carbonyl (C=O) groups excluding carboxylic acids is 2. The zero-order valence-corrected chi connectivity index (χ0v) is 22.5. The second-order valence-electron chi connectivity index (χ2n) is 9.02. The summed E-state index contributed by atoms with van der Waals surface area (Å²) in [7, 11) is 6.27. The summed E-state index contributed by atoms with van der Waals surface area (Å²) in [6, 6.07) is 0. The van der Waals surface area contributed by atoms with E-state index in [-0.39, 0.29) is 16.3 Å². The summed E-state index contributed by atoms with van der Waals surface area (Å²) in [6.07, 6.45) is 12.1. The van der Waals surface area contributed by atoms with E-state index in [9.17, 15) is 9.59 Å². The summed E-state index contributed by atoms with van der Waals surface area (Å²) in [5.41, 5.74) is 0.261. The van der Waals surface area contributed by atoms with Gasteiger partial charge in [-0.25, -0.2) is 0 Å². The number of hydrogen-bond donors (Lipinski definition) is 1. The zero-order chi connectivity index (χ0) is 22.2. The van der Waals surface area contributed by atoms with Crippen LogP contribution in [0.2, 0.25) is 0 Å². The minimum Gasteiger partial charge on any atom is -0.356 e. The highest BCUT2D eigenvalue weighted by Crippen LogP contribution is 2.40. The third-order valence-electron chi connectivity index (χ3n) is 5.13. The number of nitrogens with one attached hydrogen (secondary N) is 1. The molecule has 2 atom stereocenters. The van der Waals surface area contributed by atoms with E-state index < -0.39 is 0 Å². The molecular weight excluding hydrogens is 416 g/mol. The number of rotatable bonds is 19. The van der Waals surface area contributed by atoms with Gasteiger partial charge in [-0.1, -0.05) is 68.0 Å². The topological polar surface area (TPSA) is 46.2 Å². The van der Waals surface area contributed by atoms with Crippen LogP contribution in [0.1, 0.15) is 98.8 Å². The van der Waals surface area contributed by atoms with Crippen LogP contribution in [0.4, 0.5) is 0 Å². The van der Waals surface area contributed by atoms with Gasteiger partial charge in [0, 0.05) is 23.5 Å². The van der Waals surface area contributed by atoms with Crippen molar-refractivity contribution in [2.24, 2.45) is 0 Å². The summed E-state index contributed by atoms with van der Waals surface area (Å²) in [5.74, 6) is 1.18. The molecule has 170 valence electrons. The summed E-state index contributed by atoms with van der Waals surface area (Å²) in [6.45, 7) is 12.2. The molecule has 0 rings (SSSR count). The van der Waals surface area contributed by atoms with Crippen molar-refractivity contribution in [3.63, 3.8) is 0 Å². The van der Waals surface area contributed by atoms with Gasteiger partial charge in [0.2, 0.25) is 5.91 Å². The first kappa shape index (κ1) is 29.3. The molecule has 0 saturated carbocycles. The van der Waals surface area contributed by atoms with Crippen LogP contribution in [0, 0.1) is 0 Å². The predicted molar refractivity (Wildman–Crippen MR) is 140 cm³/mol. The van der Waals surface area contributed by atoms with Gasteiger partial charge < -0.3 is 10.1 Å². The van der Waals surface area contributed by atoms with E-state index in [2.05, 4.69) is 39.9 Å². The van der Waals surface area contributed by atoms with Crippen molar-refractivity contribution in [2.45, 2.75) is 109 Å². The number of amides is 1. The number of hydrogen-bond acceptors (Lipinski definition) is 4. The Morgan fingerprint density at radius 2 is 1.69 bits per heavy atom. The fourth-order valence-electron chi connectivity index (χ4n) is 3.28. The quantitative estimate of drug-likeness (QED) is 0.114. The third kappa shape index (κ3) is 17.7. The molecule has 7 heteroatoms. The molecule has 0 bridgehead atoms. The average Bonchev–Trinajstić information content (AvgIpc) is 2.64. The molecule has 3 nitrogen and oxygen atoms in total. The van der Waals surface area contributed by atoms with E-state index in [1.165, 1.54) is 38.5 Å². The molecule has 0 fully saturated rings. The first-order valence-corrected chi connectivity index (χ1v) is 15.0. The molecule has 0 aliphatic heterocycles. The van der Waals surface area contributed by atoms with Gasteiger partial charge in [-0.15, -0.1) is 8.58 Å². The molecule has 29 heavy (non-hydrogen) atoms. The Morgan fingerprint density at radius 1 is 0.966 bits per heavy atom. The molecular formula is C22H45BNO2PS2. The summed E-state index contributed by atoms with van der Waals surface area (Å²) >= 11 is 0. The molecule has 0 aliphatic rings. The average molecular weight is 462 g/mol. The van der Waals surface area contributed by atoms with Crippen LogP contribution < -0.4 is 5.32 Å². The van der Waals surface area contributed by atoms with Crippen molar-refractivity contribution < 1.29 is 9.59 Å². The molecule has 1 amide bonds. The van der Waals surface area contributed by atoms with E-state index in [4.69, 9.17) is 0 Å². The van der Waals surface area contributed by atoms with E-state index >= 15 is 0 Å². The van der Waals surface area contributed by atoms with E-state index in [1.54, 1.807) is 7.85 Å². The van der Waals surface area contributed by atoms with Gasteiger partial charge in [-0.05, 0) is 57.3 Å². The van der Waals surface area contributed by atoms with Crippen molar-refractivity contribution >= 4 is 49.6 Å². The molecule has 2 unspecified atom stereocenters. The SMILES string of the molecule is BC(=O)CCC(C)(C)SSCCCC(=O)NCCPC(C)(CCC)CCCCC. The molecule has 0 aromatic rings. The number of unbranched alkanes of at least 4 members (excludes halogenated alkanes) is 2. The molecule has 0 aliphatic carbocycles. The first-order chi connectivity index (χ1) is 13.6. The van der Waals surface area contributed by atoms with Gasteiger partial charge >= 0.3 is 0 Å². The largest absolute Gasteiger partial charge is 0.356 e. The predicted octanol–water partition coefficient (Wildman–Crippen LogP) is 5.80. The molecule has 0 aromatic heterocycles. The second kappa shape index (κ2) is 17.0. The maximum atomic E-state index is 12.1. The minimum absolute atomic E-state index is 0.113. The highest BCUT2D eigenvalue weighted by Gasteiger charge is 2.22. The maximum absolute atomic E-state index is 12.1. The summed E-state index contributed by atoms with van der Waals surface area (Å²) < 4.78 is 0.113. The van der Waals surface area contributed by atoms with Gasteiger partial charge in [0.05, 0.1) is 5.68 Å². The van der Waals surface area contributed by atoms with E-state index in [0.29, 0.717) is 18.0 Å². The monoisotopic (exact) mass is 461 g/mol. The Hall–Kier alpha value is 0.335. The molecule has 0 heterocycles. The molecule has 0 saturated heterocycles. The van der Waals surface area contributed by atoms with Crippen molar-refractivity contribution in [2.75, 3.05) is 18.5 Å². The highest BCUT2D eigenvalue weighted by atomic mass is 33.1. The van der Waals surface area contributed by atoms with Gasteiger partial charge in [0.1, 0.15) is 0 Å². The fraction of sp³-hybridized carbons (Fsp3) is 0.909. The Labute approximate surface area is 191 Å². The Bertz CT molecular complexity index is 466. The van der Waals surface area contributed by atoms with Gasteiger partial charge in [-0.2, -0.15) is 0 Å². The van der Waals surface area contributed by atoms with Crippen molar-refractivity contribution in [1.29, 1.82) is 0 Å². The second-order valence-corrected chi connectivity index (χ2v) is 14.2. The lowest BCUT2D eigenvalue weighted by Gasteiger charge is -2.29. The highest BCUT2D eigenvalue weighted by molar-refractivity contribution is 8.77. The molecule has 0 radical (unpaired) electrons. The molecule has 1 N–H and O–H groups in total. The van der Waals surface area contributed by atoms with Crippen LogP contribution in [-0.4, -0.2) is 47.8 Å². The smallest absolute Gasteiger partial charge is 0.220 e. The van der Waals surface area contributed by atoms with Gasteiger partial charge in [-0.3, -0.25) is 4.79 Å². The fourth-order valence-corrected chi connectivity index (χ4v) is 7.58. The molecule has 0 aromatic carbocycles. The Kier molecular flexibility index (Phi) is 17.2. The van der Waals surface area contributed by atoms with Crippen LogP contribution >= 0.6 is 30.2 Å². The van der Waals surface area contributed by atoms with Crippen molar-refractivity contribution in [3.8, 4) is 0 Å². The number of carbonyl (C=O) groups is 2. The van der Waals surface area contributed by atoms with Gasteiger partial charge in [0.25, 0.3) is 0 Å². The standard InChI is InChI=1S/C22H45BNO2PS2/c1-6-8-9-14-22(5,13-7-2)27-17-16-24-20(26)11-10-18-28-29-21(3,4)15-12-19(23)25/h27H,6-18,23H2,1-5H3,(H,24,26). The normalized spacial score (nSPS) is 14.2. The van der Waals surface area contributed by atoms with Crippen LogP contribution in [0.15, 0.2) is 0 Å². The minimum atomic E-state index is 0.113. The van der Waals surface area contributed by atoms with Crippen LogP contribution in [0.3, 0.4) is 0 Å². The Balaban J connectivity index is 3.86. The first-order valence-electron chi connectivity index (χ1n) is 11.5. The lowest BCUT2D eigenvalue weighted by atomic mass is 9.94. The van der Waals surface area contributed by atoms with E-state index in [1.807, 2.05) is 21.6 Å². The molecule has 0 spiro atoms. The maximum Gasteiger partial charge on any atom is 0.220 e. The van der Waals surface area contributed by atoms with Crippen LogP contribution in [0.5, 0.6) is 0 Å². The lowest BCUT2D eigenvalue weighted by molar-refractivity contribution is -0.121. The van der Waals surface area contributed by atoms with E-state index in [0.717, 1.165) is 39.9 Å². The van der Waals surface area contributed by atoms with Crippen LogP contribution in [-0.2, 0) is 9.59 Å². The lowest BCUT2D eigenvalue weighted by Crippen LogP contribution is -2.27. The van der Waals surface area contributed by atoms with Crippen molar-refractivity contribution in [1.82, 2.24) is 5.32 Å². The summed E-state index contributed by atoms with van der Waals surface area (Å²) in [4.78, 5) is 23.2. The zero-order valence-electron chi connectivity index (χ0n) is 19.8.